The zero-order valence-electron chi connectivity index (χ0n) is 9.00. The topological polar surface area (TPSA) is 52.4 Å². The fourth-order valence-electron chi connectivity index (χ4n) is 1.15. The Hall–Kier alpha value is -1.25. The van der Waals surface area contributed by atoms with Crippen LogP contribution in [0.15, 0.2) is 12.1 Å². The van der Waals surface area contributed by atoms with Crippen LogP contribution in [-0.2, 0) is 0 Å². The Morgan fingerprint density at radius 2 is 2.29 bits per heavy atom. The van der Waals surface area contributed by atoms with Crippen molar-refractivity contribution >= 4 is 33.2 Å². The molecule has 0 N–H and O–H groups in total. The molecule has 0 bridgehead atoms. The van der Waals surface area contributed by atoms with Gasteiger partial charge in [0.1, 0.15) is 0 Å². The first-order chi connectivity index (χ1) is 8.10. The molecule has 0 amide bonds. The molecule has 4 nitrogen and oxygen atoms in total. The van der Waals surface area contributed by atoms with Crippen LogP contribution in [0.4, 0.5) is 5.69 Å². The Kier molecular flexibility index (Phi) is 5.26. The van der Waals surface area contributed by atoms with Crippen molar-refractivity contribution in [2.45, 2.75) is 6.42 Å². The molecule has 1 aromatic rings. The van der Waals surface area contributed by atoms with Crippen molar-refractivity contribution in [3.05, 3.63) is 32.8 Å². The zero-order chi connectivity index (χ0) is 12.8. The van der Waals surface area contributed by atoms with Gasteiger partial charge in [0.05, 0.1) is 22.6 Å². The Balaban J connectivity index is 3.21. The molecule has 0 aromatic heterocycles. The van der Waals surface area contributed by atoms with E-state index in [4.69, 9.17) is 16.3 Å². The lowest BCUT2D eigenvalue weighted by Gasteiger charge is -2.03. The van der Waals surface area contributed by atoms with Crippen molar-refractivity contribution < 1.29 is 9.66 Å². The fraction of sp³-hybridized carbons (Fsp3) is 0.273. The zero-order valence-corrected chi connectivity index (χ0v) is 11.3. The Labute approximate surface area is 112 Å². The molecule has 0 aliphatic rings. The second-order valence-electron chi connectivity index (χ2n) is 3.00. The lowest BCUT2D eigenvalue weighted by molar-refractivity contribution is -0.385. The first-order valence-corrected chi connectivity index (χ1v) is 6.17. The smallest absolute Gasteiger partial charge is 0.312 e. The molecule has 0 saturated carbocycles. The van der Waals surface area contributed by atoms with Gasteiger partial charge in [0.2, 0.25) is 0 Å². The molecular formula is C11H9BrClNO3. The number of halogens is 2. The minimum Gasteiger partial charge on any atom is -0.490 e. The van der Waals surface area contributed by atoms with E-state index in [9.17, 15) is 10.1 Å². The average Bonchev–Trinajstić information content (AvgIpc) is 2.30. The van der Waals surface area contributed by atoms with Crippen LogP contribution in [-0.4, -0.2) is 17.4 Å². The summed E-state index contributed by atoms with van der Waals surface area (Å²) in [5, 5.41) is 11.9. The summed E-state index contributed by atoms with van der Waals surface area (Å²) in [6, 6.07) is 2.72. The number of ether oxygens (including phenoxy) is 1. The van der Waals surface area contributed by atoms with Crippen LogP contribution < -0.4 is 4.74 Å². The second kappa shape index (κ2) is 6.48. The molecule has 0 unspecified atom stereocenters. The molecule has 0 aliphatic heterocycles. The van der Waals surface area contributed by atoms with Crippen LogP contribution in [0.3, 0.4) is 0 Å². The highest BCUT2D eigenvalue weighted by Gasteiger charge is 2.17. The highest BCUT2D eigenvalue weighted by molar-refractivity contribution is 9.09. The third-order valence-electron chi connectivity index (χ3n) is 1.91. The van der Waals surface area contributed by atoms with Crippen LogP contribution in [0.25, 0.3) is 0 Å². The van der Waals surface area contributed by atoms with Gasteiger partial charge in [0.15, 0.2) is 5.75 Å². The van der Waals surface area contributed by atoms with Gasteiger partial charge >= 0.3 is 5.69 Å². The maximum atomic E-state index is 10.8. The predicted octanol–water partition coefficient (Wildman–Crippen LogP) is 3.39. The number of methoxy groups -OCH3 is 1. The summed E-state index contributed by atoms with van der Waals surface area (Å²) < 4.78 is 4.89. The van der Waals surface area contributed by atoms with Crippen molar-refractivity contribution in [3.8, 4) is 17.6 Å². The Morgan fingerprint density at radius 1 is 1.59 bits per heavy atom. The molecule has 1 aromatic carbocycles. The number of benzene rings is 1. The van der Waals surface area contributed by atoms with Gasteiger partial charge in [0.25, 0.3) is 0 Å². The quantitative estimate of drug-likeness (QED) is 0.371. The third kappa shape index (κ3) is 3.62. The molecule has 17 heavy (non-hydrogen) atoms. The van der Waals surface area contributed by atoms with Crippen molar-refractivity contribution in [3.63, 3.8) is 0 Å². The number of nitro groups is 1. The largest absolute Gasteiger partial charge is 0.490 e. The normalized spacial score (nSPS) is 9.35. The molecule has 0 heterocycles. The maximum Gasteiger partial charge on any atom is 0.312 e. The third-order valence-corrected chi connectivity index (χ3v) is 2.62. The number of rotatable bonds is 3. The van der Waals surface area contributed by atoms with E-state index in [-0.39, 0.29) is 11.4 Å². The lowest BCUT2D eigenvalue weighted by Crippen LogP contribution is -1.95. The Bertz CT molecular complexity index is 493. The summed E-state index contributed by atoms with van der Waals surface area (Å²) in [5.74, 6) is 5.77. The van der Waals surface area contributed by atoms with E-state index < -0.39 is 4.92 Å². The lowest BCUT2D eigenvalue weighted by atomic mass is 10.2. The molecule has 0 saturated heterocycles. The summed E-state index contributed by atoms with van der Waals surface area (Å²) >= 11 is 9.19. The van der Waals surface area contributed by atoms with Gasteiger partial charge in [-0.25, -0.2) is 0 Å². The summed E-state index contributed by atoms with van der Waals surface area (Å²) in [6.07, 6.45) is 0.649. The number of nitro benzene ring substituents is 1. The van der Waals surface area contributed by atoms with Gasteiger partial charge in [-0.3, -0.25) is 10.1 Å². The number of hydrogen-bond donors (Lipinski definition) is 0. The van der Waals surface area contributed by atoms with Crippen LogP contribution in [0.2, 0.25) is 5.02 Å². The van der Waals surface area contributed by atoms with Crippen LogP contribution in [0.5, 0.6) is 5.75 Å². The van der Waals surface area contributed by atoms with Crippen molar-refractivity contribution in [1.82, 2.24) is 0 Å². The summed E-state index contributed by atoms with van der Waals surface area (Å²) in [7, 11) is 1.36. The van der Waals surface area contributed by atoms with Crippen molar-refractivity contribution in [1.29, 1.82) is 0 Å². The molecule has 1 rings (SSSR count). The molecule has 0 fully saturated rings. The van der Waals surface area contributed by atoms with Gasteiger partial charge in [0, 0.05) is 23.9 Å². The van der Waals surface area contributed by atoms with Gasteiger partial charge in [-0.05, 0) is 0 Å². The van der Waals surface area contributed by atoms with Gasteiger partial charge in [-0.2, -0.15) is 0 Å². The van der Waals surface area contributed by atoms with E-state index in [0.717, 1.165) is 5.33 Å². The van der Waals surface area contributed by atoms with E-state index >= 15 is 0 Å². The first-order valence-electron chi connectivity index (χ1n) is 4.67. The minimum atomic E-state index is -0.523. The SMILES string of the molecule is COc1cc(Cl)c(C#CCCBr)cc1[N+](=O)[O-]. The number of alkyl halides is 1. The monoisotopic (exact) mass is 317 g/mol. The van der Waals surface area contributed by atoms with Crippen molar-refractivity contribution in [2.24, 2.45) is 0 Å². The molecule has 0 spiro atoms. The van der Waals surface area contributed by atoms with E-state index in [1.165, 1.54) is 19.2 Å². The molecule has 0 aliphatic carbocycles. The molecule has 90 valence electrons. The van der Waals surface area contributed by atoms with E-state index in [1.807, 2.05) is 0 Å². The van der Waals surface area contributed by atoms with Crippen LogP contribution in [0, 0.1) is 22.0 Å². The van der Waals surface area contributed by atoms with Gasteiger partial charge in [-0.1, -0.05) is 39.4 Å². The number of nitrogens with zero attached hydrogens (tertiary/aromatic N) is 1. The average molecular weight is 319 g/mol. The molecule has 0 radical (unpaired) electrons. The summed E-state index contributed by atoms with van der Waals surface area (Å²) in [5.41, 5.74) is 0.292. The predicted molar refractivity (Wildman–Crippen MR) is 69.9 cm³/mol. The molecule has 0 atom stereocenters. The van der Waals surface area contributed by atoms with Gasteiger partial charge in [-0.15, -0.1) is 0 Å². The number of hydrogen-bond acceptors (Lipinski definition) is 3. The fourth-order valence-corrected chi connectivity index (χ4v) is 1.55. The first kappa shape index (κ1) is 13.8. The molecule has 6 heteroatoms. The van der Waals surface area contributed by atoms with Gasteiger partial charge < -0.3 is 4.74 Å². The van der Waals surface area contributed by atoms with Crippen LogP contribution >= 0.6 is 27.5 Å². The van der Waals surface area contributed by atoms with Crippen molar-refractivity contribution in [2.75, 3.05) is 12.4 Å². The highest BCUT2D eigenvalue weighted by atomic mass is 79.9. The minimum absolute atomic E-state index is 0.131. The van der Waals surface area contributed by atoms with E-state index in [2.05, 4.69) is 27.8 Å². The summed E-state index contributed by atoms with van der Waals surface area (Å²) in [4.78, 5) is 10.3. The second-order valence-corrected chi connectivity index (χ2v) is 4.20. The molecular weight excluding hydrogens is 309 g/mol. The van der Waals surface area contributed by atoms with E-state index in [1.54, 1.807) is 0 Å². The van der Waals surface area contributed by atoms with E-state index in [0.29, 0.717) is 17.0 Å². The standard InChI is InChI=1S/C11H9BrClNO3/c1-17-11-7-9(13)8(4-2-3-5-12)6-10(11)14(15)16/h6-7H,3,5H2,1H3. The maximum absolute atomic E-state index is 10.8. The Morgan fingerprint density at radius 3 is 2.82 bits per heavy atom. The summed E-state index contributed by atoms with van der Waals surface area (Å²) in [6.45, 7) is 0. The highest BCUT2D eigenvalue weighted by Crippen LogP contribution is 2.32. The van der Waals surface area contributed by atoms with Crippen LogP contribution in [0.1, 0.15) is 12.0 Å².